The Morgan fingerprint density at radius 1 is 1.22 bits per heavy atom. The summed E-state index contributed by atoms with van der Waals surface area (Å²) in [4.78, 5) is 14.3. The number of methoxy groups -OCH3 is 1. The van der Waals surface area contributed by atoms with Crippen molar-refractivity contribution in [3.63, 3.8) is 0 Å². The van der Waals surface area contributed by atoms with Crippen molar-refractivity contribution >= 4 is 15.9 Å². The first-order valence-corrected chi connectivity index (χ1v) is 9.26. The van der Waals surface area contributed by atoms with Crippen LogP contribution in [-0.4, -0.2) is 62.4 Å². The Kier molecular flexibility index (Phi) is 4.44. The second-order valence-electron chi connectivity index (χ2n) is 6.14. The minimum Gasteiger partial charge on any atom is -0.383 e. The molecule has 2 saturated heterocycles. The highest BCUT2D eigenvalue weighted by Crippen LogP contribution is 2.35. The minimum atomic E-state index is -3.55. The summed E-state index contributed by atoms with van der Waals surface area (Å²) in [6, 6.07) is 6.58. The molecule has 1 aromatic carbocycles. The lowest BCUT2D eigenvalue weighted by molar-refractivity contribution is -0.129. The van der Waals surface area contributed by atoms with Crippen LogP contribution in [0.1, 0.15) is 18.4 Å². The van der Waals surface area contributed by atoms with Gasteiger partial charge in [0.15, 0.2) is 0 Å². The van der Waals surface area contributed by atoms with E-state index in [9.17, 15) is 13.2 Å². The Morgan fingerprint density at radius 3 is 2.57 bits per heavy atom. The number of fused-ring (bicyclic) bond motifs is 1. The minimum absolute atomic E-state index is 0.0147. The predicted octanol–water partition coefficient (Wildman–Crippen LogP) is 1.01. The number of nitrogens with zero attached hydrogens (tertiary/aromatic N) is 2. The van der Waals surface area contributed by atoms with Crippen molar-refractivity contribution in [3.8, 4) is 0 Å². The summed E-state index contributed by atoms with van der Waals surface area (Å²) in [5.41, 5.74) is 1.02. The van der Waals surface area contributed by atoms with Crippen LogP contribution < -0.4 is 0 Å². The van der Waals surface area contributed by atoms with Crippen LogP contribution >= 0.6 is 0 Å². The molecule has 2 fully saturated rings. The summed E-state index contributed by atoms with van der Waals surface area (Å²) in [6.07, 6.45) is 0.949. The maximum absolute atomic E-state index is 12.9. The molecular weight excluding hydrogens is 316 g/mol. The van der Waals surface area contributed by atoms with Crippen molar-refractivity contribution in [2.45, 2.75) is 36.7 Å². The summed E-state index contributed by atoms with van der Waals surface area (Å²) < 4.78 is 32.3. The Bertz CT molecular complexity index is 687. The second-order valence-corrected chi connectivity index (χ2v) is 8.03. The number of hydrogen-bond donors (Lipinski definition) is 0. The van der Waals surface area contributed by atoms with Crippen LogP contribution in [0, 0.1) is 6.92 Å². The van der Waals surface area contributed by atoms with Crippen molar-refractivity contribution in [1.29, 1.82) is 0 Å². The van der Waals surface area contributed by atoms with E-state index in [2.05, 4.69) is 0 Å². The topological polar surface area (TPSA) is 66.9 Å². The monoisotopic (exact) mass is 338 g/mol. The molecule has 0 aliphatic carbocycles. The van der Waals surface area contributed by atoms with Gasteiger partial charge in [-0.05, 0) is 25.5 Å². The molecule has 7 heteroatoms. The zero-order chi connectivity index (χ0) is 16.6. The zero-order valence-electron chi connectivity index (χ0n) is 13.4. The SMILES string of the molecule is COCCN1C(=O)CC2C1CCN2S(=O)(=O)c1ccc(C)cc1. The van der Waals surface area contributed by atoms with Crippen LogP contribution in [0.25, 0.3) is 0 Å². The number of amides is 1. The maximum Gasteiger partial charge on any atom is 0.243 e. The molecule has 2 aliphatic heterocycles. The summed E-state index contributed by atoms with van der Waals surface area (Å²) in [5, 5.41) is 0. The highest BCUT2D eigenvalue weighted by Gasteiger charge is 2.50. The molecule has 0 bridgehead atoms. The molecule has 1 aromatic rings. The smallest absolute Gasteiger partial charge is 0.243 e. The largest absolute Gasteiger partial charge is 0.383 e. The molecule has 2 unspecified atom stereocenters. The van der Waals surface area contributed by atoms with Crippen LogP contribution in [0.5, 0.6) is 0 Å². The first-order valence-electron chi connectivity index (χ1n) is 7.82. The van der Waals surface area contributed by atoms with Crippen molar-refractivity contribution in [1.82, 2.24) is 9.21 Å². The van der Waals surface area contributed by atoms with Gasteiger partial charge in [0.05, 0.1) is 23.6 Å². The van der Waals surface area contributed by atoms with E-state index in [1.165, 1.54) is 4.31 Å². The lowest BCUT2D eigenvalue weighted by Crippen LogP contribution is -2.40. The van der Waals surface area contributed by atoms with Gasteiger partial charge in [0.1, 0.15) is 0 Å². The summed E-state index contributed by atoms with van der Waals surface area (Å²) in [7, 11) is -1.96. The number of carbonyl (C=O) groups excluding carboxylic acids is 1. The predicted molar refractivity (Wildman–Crippen MR) is 85.5 cm³/mol. The number of likely N-dealkylation sites (tertiary alicyclic amines) is 1. The summed E-state index contributed by atoms with van der Waals surface area (Å²) >= 11 is 0. The van der Waals surface area contributed by atoms with Gasteiger partial charge in [0.2, 0.25) is 15.9 Å². The van der Waals surface area contributed by atoms with Gasteiger partial charge < -0.3 is 9.64 Å². The Labute approximate surface area is 137 Å². The molecule has 2 heterocycles. The zero-order valence-corrected chi connectivity index (χ0v) is 14.3. The van der Waals surface area contributed by atoms with Crippen LogP contribution in [0.2, 0.25) is 0 Å². The molecule has 0 N–H and O–H groups in total. The van der Waals surface area contributed by atoms with Gasteiger partial charge in [0, 0.05) is 26.6 Å². The van der Waals surface area contributed by atoms with Crippen LogP contribution in [-0.2, 0) is 19.6 Å². The molecule has 23 heavy (non-hydrogen) atoms. The highest BCUT2D eigenvalue weighted by atomic mass is 32.2. The quantitative estimate of drug-likeness (QED) is 0.803. The molecule has 3 rings (SSSR count). The normalized spacial score (nSPS) is 25.1. The van der Waals surface area contributed by atoms with Crippen molar-refractivity contribution in [2.24, 2.45) is 0 Å². The number of hydrogen-bond acceptors (Lipinski definition) is 4. The van der Waals surface area contributed by atoms with Gasteiger partial charge in [0.25, 0.3) is 0 Å². The molecule has 0 spiro atoms. The van der Waals surface area contributed by atoms with E-state index < -0.39 is 10.0 Å². The lowest BCUT2D eigenvalue weighted by Gasteiger charge is -2.25. The standard InChI is InChI=1S/C16H22N2O4S/c1-12-3-5-13(6-4-12)23(20,21)18-8-7-14-15(18)11-16(19)17(14)9-10-22-2/h3-6,14-15H,7-11H2,1-2H3. The van der Waals surface area contributed by atoms with Crippen molar-refractivity contribution in [3.05, 3.63) is 29.8 Å². The number of rotatable bonds is 5. The molecule has 6 nitrogen and oxygen atoms in total. The van der Waals surface area contributed by atoms with E-state index in [-0.39, 0.29) is 24.4 Å². The third-order valence-corrected chi connectivity index (χ3v) is 6.67. The van der Waals surface area contributed by atoms with Crippen LogP contribution in [0.3, 0.4) is 0 Å². The number of sulfonamides is 1. The fraction of sp³-hybridized carbons (Fsp3) is 0.562. The fourth-order valence-electron chi connectivity index (χ4n) is 3.52. The van der Waals surface area contributed by atoms with E-state index in [0.29, 0.717) is 31.0 Å². The lowest BCUT2D eigenvalue weighted by atomic mass is 10.1. The van der Waals surface area contributed by atoms with E-state index in [0.717, 1.165) is 5.56 Å². The molecule has 126 valence electrons. The number of ether oxygens (including phenoxy) is 1. The van der Waals surface area contributed by atoms with E-state index in [1.807, 2.05) is 6.92 Å². The first kappa shape index (κ1) is 16.4. The number of carbonyl (C=O) groups is 1. The van der Waals surface area contributed by atoms with Crippen molar-refractivity contribution in [2.75, 3.05) is 26.8 Å². The molecule has 1 amide bonds. The number of aryl methyl sites for hydroxylation is 1. The molecule has 0 radical (unpaired) electrons. The number of benzene rings is 1. The Balaban J connectivity index is 1.83. The average molecular weight is 338 g/mol. The Hall–Kier alpha value is -1.44. The van der Waals surface area contributed by atoms with Gasteiger partial charge in [-0.25, -0.2) is 8.42 Å². The van der Waals surface area contributed by atoms with Gasteiger partial charge in [-0.1, -0.05) is 17.7 Å². The second kappa shape index (κ2) is 6.22. The third kappa shape index (κ3) is 2.88. The molecule has 2 atom stereocenters. The van der Waals surface area contributed by atoms with Gasteiger partial charge in [-0.3, -0.25) is 4.79 Å². The van der Waals surface area contributed by atoms with Gasteiger partial charge in [-0.2, -0.15) is 4.31 Å². The van der Waals surface area contributed by atoms with Gasteiger partial charge in [-0.15, -0.1) is 0 Å². The van der Waals surface area contributed by atoms with Crippen molar-refractivity contribution < 1.29 is 17.9 Å². The van der Waals surface area contributed by atoms with E-state index in [4.69, 9.17) is 4.74 Å². The summed E-state index contributed by atoms with van der Waals surface area (Å²) in [5.74, 6) is 0.0147. The molecule has 0 aromatic heterocycles. The fourth-order valence-corrected chi connectivity index (χ4v) is 5.18. The van der Waals surface area contributed by atoms with Gasteiger partial charge >= 0.3 is 0 Å². The summed E-state index contributed by atoms with van der Waals surface area (Å²) in [6.45, 7) is 3.38. The maximum atomic E-state index is 12.9. The third-order valence-electron chi connectivity index (χ3n) is 4.73. The molecule has 2 aliphatic rings. The first-order chi connectivity index (χ1) is 10.9. The van der Waals surface area contributed by atoms with Crippen LogP contribution in [0.4, 0.5) is 0 Å². The highest BCUT2D eigenvalue weighted by molar-refractivity contribution is 7.89. The molecular formula is C16H22N2O4S. The molecule has 0 saturated carbocycles. The van der Waals surface area contributed by atoms with Crippen LogP contribution in [0.15, 0.2) is 29.2 Å². The van der Waals surface area contributed by atoms with E-state index in [1.54, 1.807) is 36.3 Å². The van der Waals surface area contributed by atoms with E-state index >= 15 is 0 Å². The Morgan fingerprint density at radius 2 is 1.91 bits per heavy atom. The average Bonchev–Trinajstić information content (AvgIpc) is 3.04.